The van der Waals surface area contributed by atoms with Gasteiger partial charge in [-0.1, -0.05) is 11.8 Å². The summed E-state index contributed by atoms with van der Waals surface area (Å²) in [6, 6.07) is 6.83. The van der Waals surface area contributed by atoms with Crippen molar-refractivity contribution in [1.29, 1.82) is 0 Å². The molecule has 0 fully saturated rings. The second-order valence-corrected chi connectivity index (χ2v) is 7.30. The SMILES string of the molecule is COc1c2c(cc3c1[C@H](C#CCNc1ccc(N([O-])O)cc1C)N(C)CC3)OCO2. The first-order valence-electron chi connectivity index (χ1n) is 9.68. The van der Waals surface area contributed by atoms with E-state index >= 15 is 0 Å². The standard InChI is InChI=1S/C22H24N3O5/c1-14-11-16(25(26)27)6-7-17(14)23-9-4-5-18-20-15(8-10-24(18)2)12-19-21(22(20)28-3)30-13-29-19/h6-7,11-12,18,23,26H,8-10,13H2,1-3H3/q-1/t18-/m0/s1. The van der Waals surface area contributed by atoms with E-state index in [4.69, 9.17) is 19.4 Å². The van der Waals surface area contributed by atoms with E-state index in [0.717, 1.165) is 35.5 Å². The number of ether oxygens (including phenoxy) is 3. The Morgan fingerprint density at radius 2 is 2.20 bits per heavy atom. The van der Waals surface area contributed by atoms with Crippen molar-refractivity contribution in [3.05, 3.63) is 46.2 Å². The lowest BCUT2D eigenvalue weighted by Gasteiger charge is -2.32. The van der Waals surface area contributed by atoms with Crippen LogP contribution in [0.15, 0.2) is 24.3 Å². The van der Waals surface area contributed by atoms with Crippen LogP contribution in [0.5, 0.6) is 17.2 Å². The third-order valence-electron chi connectivity index (χ3n) is 5.43. The van der Waals surface area contributed by atoms with Gasteiger partial charge in [-0.3, -0.25) is 10.1 Å². The van der Waals surface area contributed by atoms with E-state index in [9.17, 15) is 5.21 Å². The summed E-state index contributed by atoms with van der Waals surface area (Å²) in [7, 11) is 3.69. The molecule has 4 rings (SSSR count). The first kappa shape index (κ1) is 20.2. The number of hydrogen-bond acceptors (Lipinski definition) is 8. The lowest BCUT2D eigenvalue weighted by Crippen LogP contribution is -2.31. The highest BCUT2D eigenvalue weighted by Crippen LogP contribution is 2.49. The second-order valence-electron chi connectivity index (χ2n) is 7.30. The largest absolute Gasteiger partial charge is 0.733 e. The minimum absolute atomic E-state index is 0.119. The summed E-state index contributed by atoms with van der Waals surface area (Å²) in [5, 5.41) is 23.1. The first-order chi connectivity index (χ1) is 14.5. The zero-order chi connectivity index (χ0) is 21.3. The number of nitrogens with zero attached hydrogens (tertiary/aromatic N) is 2. The fourth-order valence-electron chi connectivity index (χ4n) is 3.87. The van der Waals surface area contributed by atoms with Crippen molar-refractivity contribution >= 4 is 11.4 Å². The van der Waals surface area contributed by atoms with E-state index < -0.39 is 0 Å². The number of methoxy groups -OCH3 is 1. The molecule has 0 radical (unpaired) electrons. The Morgan fingerprint density at radius 1 is 1.37 bits per heavy atom. The van der Waals surface area contributed by atoms with Crippen LogP contribution in [0.4, 0.5) is 11.4 Å². The van der Waals surface area contributed by atoms with Gasteiger partial charge >= 0.3 is 0 Å². The summed E-state index contributed by atoms with van der Waals surface area (Å²) < 4.78 is 16.9. The molecular weight excluding hydrogens is 386 g/mol. The van der Waals surface area contributed by atoms with Crippen LogP contribution in [-0.4, -0.2) is 44.1 Å². The van der Waals surface area contributed by atoms with E-state index in [1.54, 1.807) is 25.3 Å². The predicted molar refractivity (Wildman–Crippen MR) is 113 cm³/mol. The Balaban J connectivity index is 1.55. The van der Waals surface area contributed by atoms with Crippen LogP contribution in [0.25, 0.3) is 0 Å². The molecular formula is C22H24N3O5-. The van der Waals surface area contributed by atoms with Crippen molar-refractivity contribution in [3.8, 4) is 29.1 Å². The van der Waals surface area contributed by atoms with Crippen molar-refractivity contribution in [2.45, 2.75) is 19.4 Å². The minimum atomic E-state index is -0.147. The van der Waals surface area contributed by atoms with Crippen molar-refractivity contribution < 1.29 is 19.4 Å². The van der Waals surface area contributed by atoms with Crippen molar-refractivity contribution in [2.24, 2.45) is 0 Å². The van der Waals surface area contributed by atoms with Gasteiger partial charge in [0.15, 0.2) is 11.5 Å². The molecule has 2 aliphatic heterocycles. The smallest absolute Gasteiger partial charge is 0.231 e. The number of aryl methyl sites for hydroxylation is 1. The summed E-state index contributed by atoms with van der Waals surface area (Å²) in [6.45, 7) is 3.38. The number of hydrogen-bond donors (Lipinski definition) is 2. The zero-order valence-corrected chi connectivity index (χ0v) is 17.2. The van der Waals surface area contributed by atoms with Crippen molar-refractivity contribution in [2.75, 3.05) is 44.6 Å². The van der Waals surface area contributed by atoms with Gasteiger partial charge in [0, 0.05) is 17.8 Å². The van der Waals surface area contributed by atoms with Crippen molar-refractivity contribution in [3.63, 3.8) is 0 Å². The van der Waals surface area contributed by atoms with E-state index in [-0.39, 0.29) is 23.7 Å². The van der Waals surface area contributed by atoms with Gasteiger partial charge in [0.05, 0.1) is 19.3 Å². The Labute approximate surface area is 175 Å². The summed E-state index contributed by atoms with van der Waals surface area (Å²) in [6.07, 6.45) is 0.891. The molecule has 0 saturated carbocycles. The van der Waals surface area contributed by atoms with Gasteiger partial charge in [-0.25, -0.2) is 0 Å². The predicted octanol–water partition coefficient (Wildman–Crippen LogP) is 3.07. The number of likely N-dealkylation sites (N-methyl/N-ethyl adjacent to an activating group) is 1. The van der Waals surface area contributed by atoms with Gasteiger partial charge in [-0.2, -0.15) is 0 Å². The molecule has 0 saturated heterocycles. The van der Waals surface area contributed by atoms with Gasteiger partial charge in [-0.05, 0) is 55.8 Å². The maximum absolute atomic E-state index is 11.0. The molecule has 0 bridgehead atoms. The van der Waals surface area contributed by atoms with Crippen LogP contribution in [0, 0.1) is 24.0 Å². The number of anilines is 2. The van der Waals surface area contributed by atoms with Crippen molar-refractivity contribution in [1.82, 2.24) is 4.90 Å². The first-order valence-corrected chi connectivity index (χ1v) is 9.68. The van der Waals surface area contributed by atoms with Gasteiger partial charge < -0.3 is 30.0 Å². The third-order valence-corrected chi connectivity index (χ3v) is 5.43. The molecule has 2 aromatic carbocycles. The monoisotopic (exact) mass is 410 g/mol. The maximum atomic E-state index is 11.0. The van der Waals surface area contributed by atoms with E-state index in [1.807, 2.05) is 20.0 Å². The fraction of sp³-hybridized carbons (Fsp3) is 0.364. The highest BCUT2D eigenvalue weighted by molar-refractivity contribution is 5.63. The molecule has 8 nitrogen and oxygen atoms in total. The molecule has 0 aromatic heterocycles. The molecule has 158 valence electrons. The summed E-state index contributed by atoms with van der Waals surface area (Å²) in [4.78, 5) is 2.20. The molecule has 2 heterocycles. The zero-order valence-electron chi connectivity index (χ0n) is 17.2. The number of benzene rings is 2. The quantitative estimate of drug-likeness (QED) is 0.587. The maximum Gasteiger partial charge on any atom is 0.231 e. The number of rotatable bonds is 4. The molecule has 1 atom stereocenters. The van der Waals surface area contributed by atoms with E-state index in [0.29, 0.717) is 18.0 Å². The molecule has 30 heavy (non-hydrogen) atoms. The highest BCUT2D eigenvalue weighted by Gasteiger charge is 2.33. The van der Waals surface area contributed by atoms with E-state index in [1.165, 1.54) is 5.56 Å². The van der Waals surface area contributed by atoms with Crippen LogP contribution >= 0.6 is 0 Å². The highest BCUT2D eigenvalue weighted by atomic mass is 16.8. The Kier molecular flexibility index (Phi) is 5.59. The lowest BCUT2D eigenvalue weighted by atomic mass is 9.91. The van der Waals surface area contributed by atoms with Crippen LogP contribution in [-0.2, 0) is 6.42 Å². The number of nitrogens with one attached hydrogen (secondary N) is 1. The van der Waals surface area contributed by atoms with Crippen LogP contribution in [0.1, 0.15) is 22.7 Å². The summed E-state index contributed by atoms with van der Waals surface area (Å²) in [5.41, 5.74) is 4.09. The molecule has 2 aromatic rings. The molecule has 2 N–H and O–H groups in total. The molecule has 0 amide bonds. The molecule has 0 unspecified atom stereocenters. The normalized spacial score (nSPS) is 17.0. The Bertz CT molecular complexity index is 1010. The molecule has 0 aliphatic carbocycles. The summed E-state index contributed by atoms with van der Waals surface area (Å²) >= 11 is 0. The average molecular weight is 410 g/mol. The lowest BCUT2D eigenvalue weighted by molar-refractivity contribution is 0.171. The molecule has 8 heteroatoms. The second kappa shape index (κ2) is 8.32. The van der Waals surface area contributed by atoms with Crippen LogP contribution in [0.3, 0.4) is 0 Å². The van der Waals surface area contributed by atoms with Crippen LogP contribution < -0.4 is 24.8 Å². The molecule has 0 spiro atoms. The summed E-state index contributed by atoms with van der Waals surface area (Å²) in [5.74, 6) is 8.62. The third kappa shape index (κ3) is 3.71. The Morgan fingerprint density at radius 3 is 2.93 bits per heavy atom. The molecule has 2 aliphatic rings. The van der Waals surface area contributed by atoms with Gasteiger partial charge in [0.2, 0.25) is 12.5 Å². The Hall–Kier alpha value is -3.12. The number of fused-ring (bicyclic) bond motifs is 2. The minimum Gasteiger partial charge on any atom is -0.733 e. The fourth-order valence-corrected chi connectivity index (χ4v) is 3.87. The van der Waals surface area contributed by atoms with E-state index in [2.05, 4.69) is 22.1 Å². The van der Waals surface area contributed by atoms with Gasteiger partial charge in [0.25, 0.3) is 0 Å². The van der Waals surface area contributed by atoms with Gasteiger partial charge in [0.1, 0.15) is 6.04 Å². The topological polar surface area (TPSA) is 89.5 Å². The average Bonchev–Trinajstić information content (AvgIpc) is 3.20. The van der Waals surface area contributed by atoms with Gasteiger partial charge in [-0.15, -0.1) is 0 Å². The van der Waals surface area contributed by atoms with Crippen LogP contribution in [0.2, 0.25) is 0 Å².